The van der Waals surface area contributed by atoms with E-state index in [1.54, 1.807) is 0 Å². The zero-order valence-electron chi connectivity index (χ0n) is 33.1. The van der Waals surface area contributed by atoms with Gasteiger partial charge in [0.05, 0.1) is 0 Å². The third-order valence-corrected chi connectivity index (χ3v) is 13.5. The van der Waals surface area contributed by atoms with Crippen molar-refractivity contribution in [2.24, 2.45) is 0 Å². The highest BCUT2D eigenvalue weighted by molar-refractivity contribution is 7.26. The van der Waals surface area contributed by atoms with Crippen molar-refractivity contribution >= 4 is 48.6 Å². The van der Waals surface area contributed by atoms with E-state index in [9.17, 15) is 0 Å². The summed E-state index contributed by atoms with van der Waals surface area (Å²) in [5.74, 6) is 0. The smallest absolute Gasteiger partial charge is 0.0465 e. The monoisotopic (exact) mass is 771 g/mol. The van der Waals surface area contributed by atoms with Crippen LogP contribution in [0.25, 0.3) is 75.8 Å². The van der Waals surface area contributed by atoms with Gasteiger partial charge in [0.1, 0.15) is 0 Å². The highest BCUT2D eigenvalue weighted by Gasteiger charge is 2.36. The van der Waals surface area contributed by atoms with Crippen LogP contribution in [0.4, 0.5) is 17.1 Å². The van der Waals surface area contributed by atoms with Crippen molar-refractivity contribution in [2.75, 3.05) is 4.90 Å². The van der Waals surface area contributed by atoms with Gasteiger partial charge < -0.3 is 4.90 Å². The molecule has 0 saturated carbocycles. The van der Waals surface area contributed by atoms with Gasteiger partial charge in [-0.3, -0.25) is 0 Å². The topological polar surface area (TPSA) is 3.24 Å². The Labute approximate surface area is 350 Å². The van der Waals surface area contributed by atoms with Crippen LogP contribution in [0.15, 0.2) is 212 Å². The second-order valence-electron chi connectivity index (χ2n) is 16.1. The summed E-state index contributed by atoms with van der Waals surface area (Å²) < 4.78 is 2.66. The van der Waals surface area contributed by atoms with Gasteiger partial charge in [-0.15, -0.1) is 11.3 Å². The molecule has 0 fully saturated rings. The molecule has 0 spiro atoms. The zero-order valence-corrected chi connectivity index (χ0v) is 33.9. The Morgan fingerprint density at radius 3 is 1.44 bits per heavy atom. The van der Waals surface area contributed by atoms with Crippen molar-refractivity contribution in [3.05, 3.63) is 223 Å². The molecule has 0 atom stereocenters. The molecule has 2 heteroatoms. The lowest BCUT2D eigenvalue weighted by molar-refractivity contribution is 0.660. The Balaban J connectivity index is 0.989. The number of anilines is 3. The molecule has 1 aromatic heterocycles. The number of fused-ring (bicyclic) bond motifs is 6. The molecule has 1 aliphatic rings. The van der Waals surface area contributed by atoms with Gasteiger partial charge in [-0.2, -0.15) is 0 Å². The Hall–Kier alpha value is -7.00. The van der Waals surface area contributed by atoms with Crippen molar-refractivity contribution in [3.8, 4) is 55.6 Å². The number of hydrogen-bond donors (Lipinski definition) is 0. The van der Waals surface area contributed by atoms with E-state index < -0.39 is 0 Å². The summed E-state index contributed by atoms with van der Waals surface area (Å²) >= 11 is 1.88. The third kappa shape index (κ3) is 6.07. The fourth-order valence-corrected chi connectivity index (χ4v) is 10.4. The molecule has 1 aliphatic carbocycles. The van der Waals surface area contributed by atoms with E-state index >= 15 is 0 Å². The van der Waals surface area contributed by atoms with E-state index in [-0.39, 0.29) is 5.41 Å². The van der Waals surface area contributed by atoms with Crippen LogP contribution in [0.5, 0.6) is 0 Å². The largest absolute Gasteiger partial charge is 0.310 e. The summed E-state index contributed by atoms with van der Waals surface area (Å²) in [5, 5.41) is 2.65. The quantitative estimate of drug-likeness (QED) is 0.156. The molecule has 10 aromatic rings. The maximum Gasteiger partial charge on any atom is 0.0465 e. The Morgan fingerprint density at radius 2 is 0.797 bits per heavy atom. The molecule has 280 valence electrons. The molecule has 0 radical (unpaired) electrons. The fourth-order valence-electron chi connectivity index (χ4n) is 9.18. The number of benzene rings is 9. The van der Waals surface area contributed by atoms with E-state index in [1.165, 1.54) is 86.9 Å². The average molecular weight is 772 g/mol. The van der Waals surface area contributed by atoms with Gasteiger partial charge >= 0.3 is 0 Å². The van der Waals surface area contributed by atoms with Gasteiger partial charge in [0, 0.05) is 42.6 Å². The number of rotatable bonds is 7. The standard InChI is InChI=1S/C57H41NS/c1-57(2)53-36-44(39-14-7-4-8-15-39)28-34-49(53)50-35-33-47(37-54(50)57)58(45-29-24-42(25-30-45)41-22-20-40(21-23-41)38-12-5-3-6-13-38)46-31-26-43(27-32-46)48-17-11-18-52-51-16-9-10-19-55(51)59-56(48)52/h3-37H,1-2H3. The first-order valence-electron chi connectivity index (χ1n) is 20.4. The van der Waals surface area contributed by atoms with E-state index in [0.29, 0.717) is 0 Å². The Bertz CT molecular complexity index is 3140. The molecule has 0 unspecified atom stereocenters. The second-order valence-corrected chi connectivity index (χ2v) is 17.2. The molecule has 11 rings (SSSR count). The van der Waals surface area contributed by atoms with Crippen molar-refractivity contribution < 1.29 is 0 Å². The molecular formula is C57H41NS. The Kier molecular flexibility index (Phi) is 8.43. The molecule has 1 nitrogen and oxygen atoms in total. The zero-order chi connectivity index (χ0) is 39.5. The fraction of sp³-hybridized carbons (Fsp3) is 0.0526. The molecular weight excluding hydrogens is 731 g/mol. The number of hydrogen-bond acceptors (Lipinski definition) is 2. The molecule has 0 bridgehead atoms. The van der Waals surface area contributed by atoms with Crippen molar-refractivity contribution in [2.45, 2.75) is 19.3 Å². The van der Waals surface area contributed by atoms with Crippen LogP contribution in [-0.2, 0) is 5.41 Å². The number of thiophene rings is 1. The van der Waals surface area contributed by atoms with Crippen molar-refractivity contribution in [3.63, 3.8) is 0 Å². The highest BCUT2D eigenvalue weighted by atomic mass is 32.1. The predicted molar refractivity (Wildman–Crippen MR) is 253 cm³/mol. The minimum absolute atomic E-state index is 0.167. The van der Waals surface area contributed by atoms with Crippen LogP contribution in [0, 0.1) is 0 Å². The van der Waals surface area contributed by atoms with Crippen LogP contribution in [-0.4, -0.2) is 0 Å². The molecule has 1 heterocycles. The lowest BCUT2D eigenvalue weighted by Gasteiger charge is -2.28. The van der Waals surface area contributed by atoms with Crippen LogP contribution in [0.3, 0.4) is 0 Å². The second kappa shape index (κ2) is 14.1. The minimum atomic E-state index is -0.167. The normalized spacial score (nSPS) is 12.7. The van der Waals surface area contributed by atoms with Gasteiger partial charge in [-0.05, 0) is 115 Å². The molecule has 0 N–H and O–H groups in total. The number of nitrogens with zero attached hydrogens (tertiary/aromatic N) is 1. The van der Waals surface area contributed by atoms with Gasteiger partial charge in [0.25, 0.3) is 0 Å². The van der Waals surface area contributed by atoms with Gasteiger partial charge in [0.2, 0.25) is 0 Å². The van der Waals surface area contributed by atoms with E-state index in [2.05, 4.69) is 231 Å². The molecule has 0 saturated heterocycles. The van der Waals surface area contributed by atoms with Gasteiger partial charge in [0.15, 0.2) is 0 Å². The maximum absolute atomic E-state index is 2.43. The summed E-state index contributed by atoms with van der Waals surface area (Å²) in [5.41, 5.74) is 18.4. The lowest BCUT2D eigenvalue weighted by Crippen LogP contribution is -2.16. The first kappa shape index (κ1) is 35.2. The van der Waals surface area contributed by atoms with Gasteiger partial charge in [-0.25, -0.2) is 0 Å². The van der Waals surface area contributed by atoms with Crippen molar-refractivity contribution in [1.82, 2.24) is 0 Å². The van der Waals surface area contributed by atoms with Crippen LogP contribution >= 0.6 is 11.3 Å². The Morgan fingerprint density at radius 1 is 0.339 bits per heavy atom. The van der Waals surface area contributed by atoms with Crippen molar-refractivity contribution in [1.29, 1.82) is 0 Å². The average Bonchev–Trinajstić information content (AvgIpc) is 3.79. The summed E-state index contributed by atoms with van der Waals surface area (Å²) in [4.78, 5) is 2.42. The summed E-state index contributed by atoms with van der Waals surface area (Å²) in [6, 6.07) is 78.0. The SMILES string of the molecule is CC1(C)c2cc(-c3ccccc3)ccc2-c2ccc(N(c3ccc(-c4ccc(-c5ccccc5)cc4)cc3)c3ccc(-c4cccc5c4sc4ccccc45)cc3)cc21. The maximum atomic E-state index is 2.43. The molecule has 59 heavy (non-hydrogen) atoms. The molecule has 0 amide bonds. The first-order chi connectivity index (χ1) is 29.0. The van der Waals surface area contributed by atoms with E-state index in [0.717, 1.165) is 17.1 Å². The van der Waals surface area contributed by atoms with Crippen LogP contribution in [0.2, 0.25) is 0 Å². The summed E-state index contributed by atoms with van der Waals surface area (Å²) in [6.07, 6.45) is 0. The van der Waals surface area contributed by atoms with Crippen LogP contribution in [0.1, 0.15) is 25.0 Å². The first-order valence-corrected chi connectivity index (χ1v) is 21.2. The molecule has 0 aliphatic heterocycles. The lowest BCUT2D eigenvalue weighted by atomic mass is 9.81. The van der Waals surface area contributed by atoms with E-state index in [1.807, 2.05) is 11.3 Å². The summed E-state index contributed by atoms with van der Waals surface area (Å²) in [7, 11) is 0. The predicted octanol–water partition coefficient (Wildman–Crippen LogP) is 16.5. The summed E-state index contributed by atoms with van der Waals surface area (Å²) in [6.45, 7) is 4.75. The third-order valence-electron chi connectivity index (χ3n) is 12.3. The van der Waals surface area contributed by atoms with Crippen LogP contribution < -0.4 is 4.90 Å². The minimum Gasteiger partial charge on any atom is -0.310 e. The molecule has 9 aromatic carbocycles. The van der Waals surface area contributed by atoms with Gasteiger partial charge in [-0.1, -0.05) is 178 Å². The van der Waals surface area contributed by atoms with E-state index in [4.69, 9.17) is 0 Å². The highest BCUT2D eigenvalue weighted by Crippen LogP contribution is 2.52.